The number of H-pyrrole nitrogens is 1. The van der Waals surface area contributed by atoms with E-state index >= 15 is 0 Å². The first-order chi connectivity index (χ1) is 12.3. The number of hydroxylamine groups is 2. The molecule has 134 valence electrons. The molecule has 2 aliphatic carbocycles. The highest BCUT2D eigenvalue weighted by molar-refractivity contribution is 5.77. The predicted octanol–water partition coefficient (Wildman–Crippen LogP) is 3.13. The third-order valence-corrected chi connectivity index (χ3v) is 6.95. The fraction of sp³-hybridized carbons (Fsp3) is 0.684. The van der Waals surface area contributed by atoms with Gasteiger partial charge >= 0.3 is 6.03 Å². The number of carbonyl (C=O) groups excluding carboxylic acids is 1. The number of carbonyl (C=O) groups is 1. The van der Waals surface area contributed by atoms with Crippen LogP contribution in [0.4, 0.5) is 4.79 Å². The molecule has 6 heteroatoms. The van der Waals surface area contributed by atoms with Crippen LogP contribution in [0.3, 0.4) is 0 Å². The van der Waals surface area contributed by atoms with Crippen molar-refractivity contribution in [3.8, 4) is 0 Å². The van der Waals surface area contributed by atoms with Gasteiger partial charge in [-0.3, -0.25) is 4.84 Å². The number of urea groups is 1. The summed E-state index contributed by atoms with van der Waals surface area (Å²) in [5, 5.41) is 1.66. The van der Waals surface area contributed by atoms with Crippen LogP contribution in [0, 0.1) is 23.7 Å². The van der Waals surface area contributed by atoms with Gasteiger partial charge in [0.2, 0.25) is 0 Å². The molecule has 5 rings (SSSR count). The minimum absolute atomic E-state index is 0.00258. The number of imidazole rings is 1. The lowest BCUT2D eigenvalue weighted by atomic mass is 9.49. The van der Waals surface area contributed by atoms with Crippen molar-refractivity contribution in [2.24, 2.45) is 23.7 Å². The maximum absolute atomic E-state index is 13.0. The van der Waals surface area contributed by atoms with E-state index in [0.29, 0.717) is 18.4 Å². The quantitative estimate of drug-likeness (QED) is 0.855. The van der Waals surface area contributed by atoms with E-state index < -0.39 is 0 Å². The fourth-order valence-electron chi connectivity index (χ4n) is 6.13. The Morgan fingerprint density at radius 2 is 2.08 bits per heavy atom. The molecule has 4 aliphatic rings. The average molecular weight is 342 g/mol. The van der Waals surface area contributed by atoms with Gasteiger partial charge in [-0.05, 0) is 36.5 Å². The highest BCUT2D eigenvalue weighted by atomic mass is 16.7. The molecule has 2 saturated heterocycles. The number of aromatic amines is 1. The summed E-state index contributed by atoms with van der Waals surface area (Å²) < 4.78 is 0. The standard InChI is InChI=1S/C19H26N4O2/c1-2-10-25-23-14-11-22(19(23)24)17(18-20-8-9-21-18)16-13-7-5-3-4-6-12(13)15(14)16/h2,8-9,12-17H,1,3-7,10-11H2,(H,20,21)/t12?,13?,14-,15-,16?,17-/m0/s1. The molecule has 2 amide bonds. The third kappa shape index (κ3) is 2.13. The van der Waals surface area contributed by atoms with Gasteiger partial charge in [0.25, 0.3) is 0 Å². The predicted molar refractivity (Wildman–Crippen MR) is 92.3 cm³/mol. The second-order valence-corrected chi connectivity index (χ2v) is 7.95. The topological polar surface area (TPSA) is 61.5 Å². The summed E-state index contributed by atoms with van der Waals surface area (Å²) in [7, 11) is 0. The SMILES string of the molecule is C=CCON1C(=O)N2C[C@H]1[C@@H]1C3CCCCCC3C1[C@H]2c1ncc[nH]1. The van der Waals surface area contributed by atoms with Crippen molar-refractivity contribution in [3.05, 3.63) is 30.9 Å². The van der Waals surface area contributed by atoms with Crippen LogP contribution in [-0.2, 0) is 4.84 Å². The molecule has 1 aromatic heterocycles. The fourth-order valence-corrected chi connectivity index (χ4v) is 6.13. The number of amides is 2. The summed E-state index contributed by atoms with van der Waals surface area (Å²) in [5.41, 5.74) is 0. The van der Waals surface area contributed by atoms with Gasteiger partial charge in [0.1, 0.15) is 5.82 Å². The van der Waals surface area contributed by atoms with E-state index in [1.165, 1.54) is 32.1 Å². The highest BCUT2D eigenvalue weighted by Crippen LogP contribution is 2.63. The van der Waals surface area contributed by atoms with Crippen LogP contribution in [-0.4, -0.2) is 45.2 Å². The zero-order valence-electron chi connectivity index (χ0n) is 14.5. The van der Waals surface area contributed by atoms with Crippen LogP contribution in [0.25, 0.3) is 0 Å². The van der Waals surface area contributed by atoms with Gasteiger partial charge in [-0.1, -0.05) is 25.3 Å². The van der Waals surface area contributed by atoms with Crippen LogP contribution in [0.2, 0.25) is 0 Å². The average Bonchev–Trinajstić information content (AvgIpc) is 3.16. The molecular weight excluding hydrogens is 316 g/mol. The van der Waals surface area contributed by atoms with Crippen LogP contribution in [0.1, 0.15) is 44.0 Å². The van der Waals surface area contributed by atoms with E-state index in [1.54, 1.807) is 17.3 Å². The van der Waals surface area contributed by atoms with E-state index in [0.717, 1.165) is 24.2 Å². The molecule has 3 heterocycles. The second-order valence-electron chi connectivity index (χ2n) is 7.95. The van der Waals surface area contributed by atoms with E-state index in [4.69, 9.17) is 4.84 Å². The van der Waals surface area contributed by atoms with Gasteiger partial charge in [-0.25, -0.2) is 9.78 Å². The van der Waals surface area contributed by atoms with Gasteiger partial charge in [0, 0.05) is 18.9 Å². The number of piperidine rings is 1. The maximum atomic E-state index is 13.0. The lowest BCUT2D eigenvalue weighted by Crippen LogP contribution is -2.61. The van der Waals surface area contributed by atoms with Gasteiger partial charge in [-0.2, -0.15) is 5.06 Å². The Morgan fingerprint density at radius 1 is 1.28 bits per heavy atom. The molecule has 0 radical (unpaired) electrons. The molecule has 0 spiro atoms. The Balaban J connectivity index is 1.53. The van der Waals surface area contributed by atoms with Crippen molar-refractivity contribution in [2.75, 3.05) is 13.2 Å². The van der Waals surface area contributed by atoms with E-state index in [9.17, 15) is 4.79 Å². The smallest absolute Gasteiger partial charge is 0.344 e. The van der Waals surface area contributed by atoms with E-state index in [2.05, 4.69) is 16.5 Å². The summed E-state index contributed by atoms with van der Waals surface area (Å²) in [5.74, 6) is 3.44. The summed E-state index contributed by atoms with van der Waals surface area (Å²) in [6.07, 6.45) is 12.0. The first-order valence-electron chi connectivity index (χ1n) is 9.64. The van der Waals surface area contributed by atoms with Crippen LogP contribution in [0.5, 0.6) is 0 Å². The zero-order valence-corrected chi connectivity index (χ0v) is 14.5. The van der Waals surface area contributed by atoms with Crippen molar-refractivity contribution < 1.29 is 9.63 Å². The number of rotatable bonds is 4. The first-order valence-corrected chi connectivity index (χ1v) is 9.64. The van der Waals surface area contributed by atoms with Gasteiger partial charge in [-0.15, -0.1) is 6.58 Å². The number of fused-ring (bicyclic) bond motifs is 7. The molecule has 25 heavy (non-hydrogen) atoms. The Labute approximate surface area is 148 Å². The molecule has 4 fully saturated rings. The van der Waals surface area contributed by atoms with Crippen molar-refractivity contribution in [1.29, 1.82) is 0 Å². The number of nitrogens with zero attached hydrogens (tertiary/aromatic N) is 3. The summed E-state index contributed by atoms with van der Waals surface area (Å²) in [6, 6.07) is 0.251. The van der Waals surface area contributed by atoms with Crippen LogP contribution in [0.15, 0.2) is 25.0 Å². The lowest BCUT2D eigenvalue weighted by Gasteiger charge is -2.59. The molecule has 3 unspecified atom stereocenters. The molecular formula is C19H26N4O2. The normalized spacial score (nSPS) is 39.4. The molecule has 2 aliphatic heterocycles. The molecule has 0 aromatic carbocycles. The molecule has 1 N–H and O–H groups in total. The summed E-state index contributed by atoms with van der Waals surface area (Å²) >= 11 is 0. The van der Waals surface area contributed by atoms with Gasteiger partial charge < -0.3 is 9.88 Å². The van der Waals surface area contributed by atoms with Crippen LogP contribution >= 0.6 is 0 Å². The van der Waals surface area contributed by atoms with E-state index in [1.807, 2.05) is 11.1 Å². The van der Waals surface area contributed by atoms with Crippen molar-refractivity contribution in [1.82, 2.24) is 19.9 Å². The summed E-state index contributed by atoms with van der Waals surface area (Å²) in [4.78, 5) is 28.7. The second kappa shape index (κ2) is 5.87. The molecule has 6 atom stereocenters. The van der Waals surface area contributed by atoms with Crippen molar-refractivity contribution in [3.63, 3.8) is 0 Å². The van der Waals surface area contributed by atoms with Crippen LogP contribution < -0.4 is 0 Å². The van der Waals surface area contributed by atoms with Crippen molar-refractivity contribution in [2.45, 2.75) is 44.2 Å². The van der Waals surface area contributed by atoms with Gasteiger partial charge in [0.15, 0.2) is 0 Å². The summed E-state index contributed by atoms with van der Waals surface area (Å²) in [6.45, 7) is 4.86. The number of hydrogen-bond donors (Lipinski definition) is 1. The minimum atomic E-state index is -0.00258. The third-order valence-electron chi connectivity index (χ3n) is 6.95. The molecule has 6 nitrogen and oxygen atoms in total. The Morgan fingerprint density at radius 3 is 2.80 bits per heavy atom. The number of hydrogen-bond acceptors (Lipinski definition) is 3. The zero-order chi connectivity index (χ0) is 17.0. The molecule has 2 saturated carbocycles. The number of nitrogens with one attached hydrogen (secondary N) is 1. The van der Waals surface area contributed by atoms with E-state index in [-0.39, 0.29) is 18.1 Å². The first kappa shape index (κ1) is 15.4. The molecule has 2 bridgehead atoms. The highest BCUT2D eigenvalue weighted by Gasteiger charge is 2.66. The van der Waals surface area contributed by atoms with Gasteiger partial charge in [0.05, 0.1) is 18.7 Å². The Kier molecular flexibility index (Phi) is 3.62. The lowest BCUT2D eigenvalue weighted by molar-refractivity contribution is -0.181. The number of aromatic nitrogens is 2. The minimum Gasteiger partial charge on any atom is -0.347 e. The Hall–Kier alpha value is -1.82. The Bertz CT molecular complexity index is 660. The molecule has 1 aromatic rings. The monoisotopic (exact) mass is 342 g/mol. The maximum Gasteiger partial charge on any atom is 0.344 e. The van der Waals surface area contributed by atoms with Crippen molar-refractivity contribution >= 4 is 6.03 Å². The largest absolute Gasteiger partial charge is 0.347 e.